The molecule has 2 heterocycles. The molecule has 0 aliphatic carbocycles. The van der Waals surface area contributed by atoms with Crippen molar-refractivity contribution in [2.75, 3.05) is 37.6 Å². The molecule has 1 aliphatic rings. The van der Waals surface area contributed by atoms with Crippen LogP contribution in [0.2, 0.25) is 0 Å². The standard InChI is InChI=1S/C9H15N3O.C2H6/c1-2-11-4-6-12(7-5-11)9-3-8-13-10-9;1-2/h3,8H,2,4-7H2,1H3;1-2H3. The van der Waals surface area contributed by atoms with E-state index in [9.17, 15) is 0 Å². The average molecular weight is 211 g/mol. The van der Waals surface area contributed by atoms with Gasteiger partial charge in [-0.25, -0.2) is 0 Å². The number of piperazine rings is 1. The van der Waals surface area contributed by atoms with Crippen molar-refractivity contribution in [3.05, 3.63) is 12.3 Å². The van der Waals surface area contributed by atoms with E-state index in [-0.39, 0.29) is 0 Å². The molecule has 1 fully saturated rings. The Kier molecular flexibility index (Phi) is 5.18. The van der Waals surface area contributed by atoms with Crippen molar-refractivity contribution in [3.8, 4) is 0 Å². The number of aromatic nitrogens is 1. The third-order valence-electron chi connectivity index (χ3n) is 2.57. The average Bonchev–Trinajstić information content (AvgIpc) is 2.85. The van der Waals surface area contributed by atoms with Gasteiger partial charge in [0, 0.05) is 32.2 Å². The van der Waals surface area contributed by atoms with E-state index in [1.54, 1.807) is 6.26 Å². The molecule has 4 nitrogen and oxygen atoms in total. The molecule has 1 aliphatic heterocycles. The van der Waals surface area contributed by atoms with E-state index in [1.807, 2.05) is 19.9 Å². The van der Waals surface area contributed by atoms with Crippen LogP contribution < -0.4 is 4.90 Å². The number of likely N-dealkylation sites (N-methyl/N-ethyl adjacent to an activating group) is 1. The number of rotatable bonds is 2. The molecule has 15 heavy (non-hydrogen) atoms. The van der Waals surface area contributed by atoms with Gasteiger partial charge in [-0.2, -0.15) is 0 Å². The first-order chi connectivity index (χ1) is 7.40. The molecule has 1 aromatic heterocycles. The van der Waals surface area contributed by atoms with E-state index < -0.39 is 0 Å². The van der Waals surface area contributed by atoms with Gasteiger partial charge in [0.1, 0.15) is 6.26 Å². The van der Waals surface area contributed by atoms with Crippen molar-refractivity contribution < 1.29 is 4.52 Å². The number of hydrogen-bond donors (Lipinski definition) is 0. The number of hydrogen-bond acceptors (Lipinski definition) is 4. The molecular weight excluding hydrogens is 190 g/mol. The third-order valence-corrected chi connectivity index (χ3v) is 2.57. The van der Waals surface area contributed by atoms with Crippen molar-refractivity contribution in [1.29, 1.82) is 0 Å². The van der Waals surface area contributed by atoms with Crippen molar-refractivity contribution in [1.82, 2.24) is 10.1 Å². The Morgan fingerprint density at radius 2 is 1.93 bits per heavy atom. The van der Waals surface area contributed by atoms with Gasteiger partial charge >= 0.3 is 0 Å². The monoisotopic (exact) mass is 211 g/mol. The maximum atomic E-state index is 4.82. The lowest BCUT2D eigenvalue weighted by Crippen LogP contribution is -2.46. The van der Waals surface area contributed by atoms with Gasteiger partial charge in [0.15, 0.2) is 5.82 Å². The van der Waals surface area contributed by atoms with Crippen LogP contribution in [0.3, 0.4) is 0 Å². The molecule has 0 saturated carbocycles. The summed E-state index contributed by atoms with van der Waals surface area (Å²) in [5.74, 6) is 0.968. The topological polar surface area (TPSA) is 32.5 Å². The summed E-state index contributed by atoms with van der Waals surface area (Å²) in [5.41, 5.74) is 0. The Labute approximate surface area is 91.8 Å². The van der Waals surface area contributed by atoms with Crippen LogP contribution in [0.1, 0.15) is 20.8 Å². The molecule has 1 aromatic rings. The van der Waals surface area contributed by atoms with Crippen molar-refractivity contribution in [2.45, 2.75) is 20.8 Å². The summed E-state index contributed by atoms with van der Waals surface area (Å²) in [7, 11) is 0. The maximum Gasteiger partial charge on any atom is 0.172 e. The van der Waals surface area contributed by atoms with E-state index in [0.717, 1.165) is 38.5 Å². The van der Waals surface area contributed by atoms with Gasteiger partial charge in [-0.05, 0) is 6.54 Å². The van der Waals surface area contributed by atoms with Crippen LogP contribution in [0.15, 0.2) is 16.9 Å². The van der Waals surface area contributed by atoms with E-state index >= 15 is 0 Å². The summed E-state index contributed by atoms with van der Waals surface area (Å²) in [6, 6.07) is 1.92. The predicted octanol–water partition coefficient (Wildman–Crippen LogP) is 1.84. The normalized spacial score (nSPS) is 17.1. The molecule has 0 spiro atoms. The number of anilines is 1. The fourth-order valence-electron chi connectivity index (χ4n) is 1.66. The van der Waals surface area contributed by atoms with Crippen molar-refractivity contribution in [3.63, 3.8) is 0 Å². The van der Waals surface area contributed by atoms with E-state index in [1.165, 1.54) is 0 Å². The highest BCUT2D eigenvalue weighted by Gasteiger charge is 2.16. The fraction of sp³-hybridized carbons (Fsp3) is 0.727. The number of nitrogens with zero attached hydrogens (tertiary/aromatic N) is 3. The minimum atomic E-state index is 0.968. The van der Waals surface area contributed by atoms with Crippen LogP contribution in [0.5, 0.6) is 0 Å². The summed E-state index contributed by atoms with van der Waals surface area (Å²) in [4.78, 5) is 4.70. The highest BCUT2D eigenvalue weighted by Crippen LogP contribution is 2.12. The third kappa shape index (κ3) is 3.23. The minimum Gasteiger partial charge on any atom is -0.363 e. The van der Waals surface area contributed by atoms with Crippen molar-refractivity contribution >= 4 is 5.82 Å². The van der Waals surface area contributed by atoms with Gasteiger partial charge in [0.2, 0.25) is 0 Å². The lowest BCUT2D eigenvalue weighted by Gasteiger charge is -2.33. The van der Waals surface area contributed by atoms with Crippen molar-refractivity contribution in [2.24, 2.45) is 0 Å². The van der Waals surface area contributed by atoms with Crippen LogP contribution in [-0.4, -0.2) is 42.8 Å². The summed E-state index contributed by atoms with van der Waals surface area (Å²) in [5, 5.41) is 3.92. The molecular formula is C11H21N3O. The SMILES string of the molecule is CC.CCN1CCN(c2ccon2)CC1. The van der Waals surface area contributed by atoms with Crippen LogP contribution >= 0.6 is 0 Å². The van der Waals surface area contributed by atoms with Crippen LogP contribution in [-0.2, 0) is 0 Å². The summed E-state index contributed by atoms with van der Waals surface area (Å²) in [6.07, 6.45) is 1.63. The second-order valence-corrected chi connectivity index (χ2v) is 3.28. The van der Waals surface area contributed by atoms with E-state index in [4.69, 9.17) is 4.52 Å². The van der Waals surface area contributed by atoms with E-state index in [2.05, 4.69) is 21.9 Å². The Morgan fingerprint density at radius 3 is 2.40 bits per heavy atom. The van der Waals surface area contributed by atoms with Gasteiger partial charge in [-0.1, -0.05) is 25.9 Å². The molecule has 4 heteroatoms. The Bertz CT molecular complexity index is 240. The summed E-state index contributed by atoms with van der Waals surface area (Å²) < 4.78 is 4.82. The van der Waals surface area contributed by atoms with E-state index in [0.29, 0.717) is 0 Å². The smallest absolute Gasteiger partial charge is 0.172 e. The molecule has 0 aromatic carbocycles. The quantitative estimate of drug-likeness (QED) is 0.747. The maximum absolute atomic E-state index is 4.82. The molecule has 0 amide bonds. The lowest BCUT2D eigenvalue weighted by atomic mass is 10.3. The lowest BCUT2D eigenvalue weighted by molar-refractivity contribution is 0.269. The first-order valence-corrected chi connectivity index (χ1v) is 5.78. The summed E-state index contributed by atoms with van der Waals surface area (Å²) in [6.45, 7) is 11.7. The predicted molar refractivity (Wildman–Crippen MR) is 62.2 cm³/mol. The van der Waals surface area contributed by atoms with Gasteiger partial charge < -0.3 is 14.3 Å². The van der Waals surface area contributed by atoms with Crippen LogP contribution in [0.4, 0.5) is 5.82 Å². The molecule has 86 valence electrons. The molecule has 0 bridgehead atoms. The van der Waals surface area contributed by atoms with Gasteiger partial charge in [-0.3, -0.25) is 0 Å². The molecule has 0 unspecified atom stereocenters. The van der Waals surface area contributed by atoms with Gasteiger partial charge in [-0.15, -0.1) is 0 Å². The Morgan fingerprint density at radius 1 is 1.27 bits per heavy atom. The fourth-order valence-corrected chi connectivity index (χ4v) is 1.66. The molecule has 0 atom stereocenters. The molecule has 0 N–H and O–H groups in total. The zero-order valence-electron chi connectivity index (χ0n) is 9.94. The van der Waals surface area contributed by atoms with Crippen LogP contribution in [0, 0.1) is 0 Å². The zero-order valence-corrected chi connectivity index (χ0v) is 9.94. The first kappa shape index (κ1) is 12.0. The van der Waals surface area contributed by atoms with Crippen LogP contribution in [0.25, 0.3) is 0 Å². The molecule has 1 saturated heterocycles. The second kappa shape index (κ2) is 6.45. The first-order valence-electron chi connectivity index (χ1n) is 5.78. The Balaban J connectivity index is 0.000000531. The van der Waals surface area contributed by atoms with Gasteiger partial charge in [0.05, 0.1) is 0 Å². The molecule has 0 radical (unpaired) electrons. The highest BCUT2D eigenvalue weighted by molar-refractivity contribution is 5.36. The molecule has 2 rings (SSSR count). The Hall–Kier alpha value is -1.03. The largest absolute Gasteiger partial charge is 0.363 e. The minimum absolute atomic E-state index is 0.968. The summed E-state index contributed by atoms with van der Waals surface area (Å²) >= 11 is 0. The van der Waals surface area contributed by atoms with Gasteiger partial charge in [0.25, 0.3) is 0 Å². The highest BCUT2D eigenvalue weighted by atomic mass is 16.5. The second-order valence-electron chi connectivity index (χ2n) is 3.28. The zero-order chi connectivity index (χ0) is 11.1.